The first-order valence-electron chi connectivity index (χ1n) is 12.0. The van der Waals surface area contributed by atoms with E-state index in [0.717, 1.165) is 12.8 Å². The molecule has 3 aliphatic heterocycles. The number of benzene rings is 2. The van der Waals surface area contributed by atoms with Gasteiger partial charge in [-0.2, -0.15) is 0 Å². The number of ether oxygens (including phenoxy) is 2. The van der Waals surface area contributed by atoms with Gasteiger partial charge in [0.15, 0.2) is 6.61 Å². The summed E-state index contributed by atoms with van der Waals surface area (Å²) in [6.45, 7) is 0.548. The lowest BCUT2D eigenvalue weighted by Gasteiger charge is -2.38. The van der Waals surface area contributed by atoms with Crippen molar-refractivity contribution in [3.8, 4) is 11.5 Å². The number of aliphatic hydroxyl groups excluding tert-OH is 1. The highest BCUT2D eigenvalue weighted by molar-refractivity contribution is 6.31. The maximum Gasteiger partial charge on any atom is 0.261 e. The summed E-state index contributed by atoms with van der Waals surface area (Å²) in [7, 11) is 0. The van der Waals surface area contributed by atoms with Crippen LogP contribution >= 0.6 is 11.6 Å². The number of β-amino-alcohol motifs (C(OH)–C–C–N with tert-alkyl or cyclic N) is 1. The van der Waals surface area contributed by atoms with E-state index in [2.05, 4.69) is 0 Å². The Hall–Kier alpha value is -2.84. The summed E-state index contributed by atoms with van der Waals surface area (Å²) >= 11 is 6.13. The van der Waals surface area contributed by atoms with Gasteiger partial charge in [0.25, 0.3) is 11.8 Å². The van der Waals surface area contributed by atoms with Crippen molar-refractivity contribution in [3.05, 3.63) is 58.9 Å². The predicted molar refractivity (Wildman–Crippen MR) is 127 cm³/mol. The molecular weight excluding hydrogens is 475 g/mol. The van der Waals surface area contributed by atoms with Gasteiger partial charge in [0, 0.05) is 43.0 Å². The molecule has 1 N–H and O–H groups in total. The molecule has 186 valence electrons. The van der Waals surface area contributed by atoms with Crippen LogP contribution in [0.25, 0.3) is 0 Å². The smallest absolute Gasteiger partial charge is 0.261 e. The number of carbonyl (C=O) groups is 2. The van der Waals surface area contributed by atoms with Gasteiger partial charge in [-0.1, -0.05) is 11.6 Å². The van der Waals surface area contributed by atoms with Crippen LogP contribution in [0, 0.1) is 5.82 Å². The molecule has 0 aliphatic carbocycles. The van der Waals surface area contributed by atoms with Crippen molar-refractivity contribution in [2.45, 2.75) is 56.4 Å². The number of aliphatic hydroxyl groups is 1. The fraction of sp³-hybridized carbons (Fsp3) is 0.462. The molecule has 2 amide bonds. The van der Waals surface area contributed by atoms with Crippen LogP contribution in [0.1, 0.15) is 42.5 Å². The van der Waals surface area contributed by atoms with Gasteiger partial charge in [-0.3, -0.25) is 9.59 Å². The highest BCUT2D eigenvalue weighted by atomic mass is 35.5. The number of hydrogen-bond donors (Lipinski definition) is 1. The van der Waals surface area contributed by atoms with Crippen LogP contribution in [0.15, 0.2) is 42.5 Å². The second kappa shape index (κ2) is 10.0. The van der Waals surface area contributed by atoms with E-state index < -0.39 is 6.10 Å². The number of likely N-dealkylation sites (tertiary alicyclic amines) is 1. The molecule has 7 nitrogen and oxygen atoms in total. The minimum Gasteiger partial charge on any atom is -0.490 e. The molecule has 0 saturated carbocycles. The van der Waals surface area contributed by atoms with E-state index in [1.54, 1.807) is 29.2 Å². The second-order valence-corrected chi connectivity index (χ2v) is 9.91. The van der Waals surface area contributed by atoms with E-state index in [9.17, 15) is 19.1 Å². The van der Waals surface area contributed by atoms with Crippen molar-refractivity contribution in [1.29, 1.82) is 0 Å². The molecule has 0 aromatic heterocycles. The summed E-state index contributed by atoms with van der Waals surface area (Å²) in [6.07, 6.45) is 3.20. The van der Waals surface area contributed by atoms with Crippen molar-refractivity contribution in [3.63, 3.8) is 0 Å². The molecule has 3 aliphatic rings. The molecule has 3 saturated heterocycles. The molecule has 35 heavy (non-hydrogen) atoms. The molecule has 2 unspecified atom stereocenters. The zero-order chi connectivity index (χ0) is 24.5. The summed E-state index contributed by atoms with van der Waals surface area (Å²) in [4.78, 5) is 29.6. The normalized spacial score (nSPS) is 25.6. The molecule has 9 heteroatoms. The molecule has 0 spiro atoms. The molecule has 2 aromatic carbocycles. The number of piperidine rings is 1. The SMILES string of the molecule is O=C(c1cc(Cl)ccc1OCC(=O)N1C2CCC1CC(Oc1ccc(F)cc1)C2)N1CC[C@@H](O)C1. The fourth-order valence-electron chi connectivity index (χ4n) is 5.44. The summed E-state index contributed by atoms with van der Waals surface area (Å²) in [5.74, 6) is 0.231. The standard InChI is InChI=1S/C26H28ClFN2O5/c27-16-1-8-24(23(11-16)26(33)29-10-9-20(31)14-29)34-15-25(32)30-18-4-5-19(30)13-22(12-18)35-21-6-2-17(28)3-7-21/h1-3,6-8,11,18-20,22,31H,4-5,9-10,12-15H2/t18?,19?,20-,22?/m1/s1. The lowest BCUT2D eigenvalue weighted by atomic mass is 9.99. The Kier molecular flexibility index (Phi) is 6.84. The third-order valence-electron chi connectivity index (χ3n) is 7.07. The molecule has 2 bridgehead atoms. The van der Waals surface area contributed by atoms with Gasteiger partial charge in [0.2, 0.25) is 0 Å². The van der Waals surface area contributed by atoms with E-state index in [1.165, 1.54) is 18.2 Å². The van der Waals surface area contributed by atoms with E-state index >= 15 is 0 Å². The lowest BCUT2D eigenvalue weighted by Crippen LogP contribution is -2.50. The van der Waals surface area contributed by atoms with Crippen LogP contribution in [0.4, 0.5) is 4.39 Å². The van der Waals surface area contributed by atoms with Gasteiger partial charge in [0.1, 0.15) is 23.4 Å². The van der Waals surface area contributed by atoms with E-state index in [0.29, 0.717) is 42.3 Å². The second-order valence-electron chi connectivity index (χ2n) is 9.47. The molecule has 3 fully saturated rings. The molecule has 3 heterocycles. The van der Waals surface area contributed by atoms with Gasteiger partial charge in [-0.05, 0) is 61.7 Å². The van der Waals surface area contributed by atoms with Crippen LogP contribution in [-0.2, 0) is 4.79 Å². The van der Waals surface area contributed by atoms with Crippen LogP contribution in [-0.4, -0.2) is 70.7 Å². The number of fused-ring (bicyclic) bond motifs is 2. The van der Waals surface area contributed by atoms with Gasteiger partial charge in [0.05, 0.1) is 11.7 Å². The Morgan fingerprint density at radius 2 is 1.77 bits per heavy atom. The Labute approximate surface area is 208 Å². The zero-order valence-corrected chi connectivity index (χ0v) is 20.0. The number of amides is 2. The van der Waals surface area contributed by atoms with Crippen LogP contribution in [0.3, 0.4) is 0 Å². The average Bonchev–Trinajstić information content (AvgIpc) is 3.39. The van der Waals surface area contributed by atoms with E-state index in [-0.39, 0.29) is 54.5 Å². The largest absolute Gasteiger partial charge is 0.490 e. The Bertz CT molecular complexity index is 1080. The average molecular weight is 503 g/mol. The van der Waals surface area contributed by atoms with Crippen LogP contribution in [0.2, 0.25) is 5.02 Å². The topological polar surface area (TPSA) is 79.3 Å². The van der Waals surface area contributed by atoms with Crippen molar-refractivity contribution < 1.29 is 28.6 Å². The number of hydrogen-bond acceptors (Lipinski definition) is 5. The van der Waals surface area contributed by atoms with Gasteiger partial charge in [-0.15, -0.1) is 0 Å². The van der Waals surface area contributed by atoms with Gasteiger partial charge >= 0.3 is 0 Å². The summed E-state index contributed by atoms with van der Waals surface area (Å²) in [5, 5.41) is 10.2. The maximum atomic E-state index is 13.2. The van der Waals surface area contributed by atoms with Gasteiger partial charge in [-0.25, -0.2) is 4.39 Å². The number of nitrogens with zero attached hydrogens (tertiary/aromatic N) is 2. The molecule has 5 rings (SSSR count). The highest BCUT2D eigenvalue weighted by Gasteiger charge is 2.44. The highest BCUT2D eigenvalue weighted by Crippen LogP contribution is 2.37. The van der Waals surface area contributed by atoms with Crippen LogP contribution in [0.5, 0.6) is 11.5 Å². The minimum atomic E-state index is -0.533. The molecular formula is C26H28ClFN2O5. The quantitative estimate of drug-likeness (QED) is 0.652. The summed E-state index contributed by atoms with van der Waals surface area (Å²) in [5.41, 5.74) is 0.286. The third kappa shape index (κ3) is 5.23. The first-order valence-corrected chi connectivity index (χ1v) is 12.4. The Morgan fingerprint density at radius 3 is 2.43 bits per heavy atom. The van der Waals surface area contributed by atoms with Crippen LogP contribution < -0.4 is 9.47 Å². The monoisotopic (exact) mass is 502 g/mol. The molecule has 0 radical (unpaired) electrons. The molecule has 2 aromatic rings. The fourth-order valence-corrected chi connectivity index (χ4v) is 5.61. The summed E-state index contributed by atoms with van der Waals surface area (Å²) in [6, 6.07) is 10.9. The number of halogens is 2. The lowest BCUT2D eigenvalue weighted by molar-refractivity contribution is -0.139. The van der Waals surface area contributed by atoms with E-state index in [4.69, 9.17) is 21.1 Å². The number of carbonyl (C=O) groups excluding carboxylic acids is 2. The Balaban J connectivity index is 1.21. The van der Waals surface area contributed by atoms with Gasteiger partial charge < -0.3 is 24.4 Å². The third-order valence-corrected chi connectivity index (χ3v) is 7.30. The Morgan fingerprint density at radius 1 is 1.06 bits per heavy atom. The van der Waals surface area contributed by atoms with Crippen molar-refractivity contribution in [2.75, 3.05) is 19.7 Å². The first kappa shape index (κ1) is 23.9. The van der Waals surface area contributed by atoms with Crippen molar-refractivity contribution in [2.24, 2.45) is 0 Å². The molecule has 3 atom stereocenters. The van der Waals surface area contributed by atoms with E-state index in [1.807, 2.05) is 4.90 Å². The minimum absolute atomic E-state index is 0.0285. The maximum absolute atomic E-state index is 13.2. The summed E-state index contributed by atoms with van der Waals surface area (Å²) < 4.78 is 25.1. The number of rotatable bonds is 6. The first-order chi connectivity index (χ1) is 16.9. The van der Waals surface area contributed by atoms with Crippen molar-refractivity contribution in [1.82, 2.24) is 9.80 Å². The van der Waals surface area contributed by atoms with Crippen molar-refractivity contribution >= 4 is 23.4 Å². The zero-order valence-electron chi connectivity index (χ0n) is 19.2. The predicted octanol–water partition coefficient (Wildman–Crippen LogP) is 3.67.